The number of amides is 1. The second kappa shape index (κ2) is 5.21. The van der Waals surface area contributed by atoms with Gasteiger partial charge in [0, 0.05) is 31.4 Å². The summed E-state index contributed by atoms with van der Waals surface area (Å²) in [6.07, 6.45) is 5.11. The van der Waals surface area contributed by atoms with Crippen LogP contribution in [-0.2, 0) is 0 Å². The number of anilines is 1. The maximum absolute atomic E-state index is 11.8. The van der Waals surface area contributed by atoms with Crippen LogP contribution in [0.1, 0.15) is 36.0 Å². The van der Waals surface area contributed by atoms with Crippen LogP contribution in [0.15, 0.2) is 24.3 Å². The molecule has 17 heavy (non-hydrogen) atoms. The van der Waals surface area contributed by atoms with Crippen molar-refractivity contribution in [3.05, 3.63) is 29.8 Å². The standard InChI is InChI=1S/C14H20N2O/c1-16(2)14(17)11-6-5-9-13(10-11)15-12-7-3-4-8-12/h5-6,9-10,12,15H,3-4,7-8H2,1-2H3. The smallest absolute Gasteiger partial charge is 0.253 e. The van der Waals surface area contributed by atoms with Gasteiger partial charge in [-0.25, -0.2) is 0 Å². The van der Waals surface area contributed by atoms with Crippen molar-refractivity contribution in [2.45, 2.75) is 31.7 Å². The number of benzene rings is 1. The molecule has 1 amide bonds. The summed E-state index contributed by atoms with van der Waals surface area (Å²) >= 11 is 0. The Balaban J connectivity index is 2.08. The van der Waals surface area contributed by atoms with Gasteiger partial charge in [-0.15, -0.1) is 0 Å². The zero-order valence-electron chi connectivity index (χ0n) is 10.6. The largest absolute Gasteiger partial charge is 0.382 e. The molecule has 0 atom stereocenters. The molecule has 0 saturated heterocycles. The number of rotatable bonds is 3. The van der Waals surface area contributed by atoms with E-state index in [1.54, 1.807) is 19.0 Å². The van der Waals surface area contributed by atoms with Crippen molar-refractivity contribution >= 4 is 11.6 Å². The van der Waals surface area contributed by atoms with Crippen molar-refractivity contribution in [1.82, 2.24) is 4.90 Å². The monoisotopic (exact) mass is 232 g/mol. The topological polar surface area (TPSA) is 32.3 Å². The summed E-state index contributed by atoms with van der Waals surface area (Å²) in [7, 11) is 3.55. The number of carbonyl (C=O) groups is 1. The predicted molar refractivity (Wildman–Crippen MR) is 70.3 cm³/mol. The fourth-order valence-corrected chi connectivity index (χ4v) is 2.31. The number of nitrogens with zero attached hydrogens (tertiary/aromatic N) is 1. The molecule has 0 spiro atoms. The van der Waals surface area contributed by atoms with Gasteiger partial charge in [0.05, 0.1) is 0 Å². The van der Waals surface area contributed by atoms with Crippen molar-refractivity contribution < 1.29 is 4.79 Å². The average molecular weight is 232 g/mol. The molecular weight excluding hydrogens is 212 g/mol. The quantitative estimate of drug-likeness (QED) is 0.869. The van der Waals surface area contributed by atoms with Crippen LogP contribution < -0.4 is 5.32 Å². The Bertz CT molecular complexity index is 395. The van der Waals surface area contributed by atoms with E-state index in [9.17, 15) is 4.79 Å². The van der Waals surface area contributed by atoms with Crippen LogP contribution in [-0.4, -0.2) is 30.9 Å². The fourth-order valence-electron chi connectivity index (χ4n) is 2.31. The molecule has 0 radical (unpaired) electrons. The number of hydrogen-bond donors (Lipinski definition) is 1. The van der Waals surface area contributed by atoms with Gasteiger partial charge < -0.3 is 10.2 Å². The van der Waals surface area contributed by atoms with Gasteiger partial charge in [-0.1, -0.05) is 18.9 Å². The second-order valence-electron chi connectivity index (χ2n) is 4.91. The molecular formula is C14H20N2O. The van der Waals surface area contributed by atoms with Gasteiger partial charge in [0.1, 0.15) is 0 Å². The molecule has 92 valence electrons. The van der Waals surface area contributed by atoms with Crippen LogP contribution in [0.4, 0.5) is 5.69 Å². The summed E-state index contributed by atoms with van der Waals surface area (Å²) in [6, 6.07) is 8.36. The van der Waals surface area contributed by atoms with E-state index in [0.717, 1.165) is 11.3 Å². The highest BCUT2D eigenvalue weighted by Gasteiger charge is 2.15. The first-order valence-corrected chi connectivity index (χ1v) is 6.25. The van der Waals surface area contributed by atoms with Gasteiger partial charge in [0.15, 0.2) is 0 Å². The van der Waals surface area contributed by atoms with E-state index >= 15 is 0 Å². The van der Waals surface area contributed by atoms with Crippen LogP contribution in [0.3, 0.4) is 0 Å². The van der Waals surface area contributed by atoms with E-state index < -0.39 is 0 Å². The molecule has 3 nitrogen and oxygen atoms in total. The Morgan fingerprint density at radius 1 is 1.29 bits per heavy atom. The predicted octanol–water partition coefficient (Wildman–Crippen LogP) is 2.74. The Hall–Kier alpha value is -1.51. The van der Waals surface area contributed by atoms with E-state index in [2.05, 4.69) is 5.32 Å². The summed E-state index contributed by atoms with van der Waals surface area (Å²) in [4.78, 5) is 13.4. The number of hydrogen-bond acceptors (Lipinski definition) is 2. The third kappa shape index (κ3) is 2.99. The minimum atomic E-state index is 0.0556. The molecule has 1 saturated carbocycles. The summed E-state index contributed by atoms with van der Waals surface area (Å²) in [5.41, 5.74) is 1.81. The Labute approximate surface area is 103 Å². The SMILES string of the molecule is CN(C)C(=O)c1cccc(NC2CCCC2)c1. The highest BCUT2D eigenvalue weighted by atomic mass is 16.2. The van der Waals surface area contributed by atoms with E-state index in [1.165, 1.54) is 25.7 Å². The lowest BCUT2D eigenvalue weighted by Crippen LogP contribution is -2.22. The first kappa shape index (κ1) is 12.0. The molecule has 1 aromatic rings. The van der Waals surface area contributed by atoms with Gasteiger partial charge >= 0.3 is 0 Å². The molecule has 3 heteroatoms. The van der Waals surface area contributed by atoms with Crippen LogP contribution >= 0.6 is 0 Å². The lowest BCUT2D eigenvalue weighted by atomic mass is 10.1. The second-order valence-corrected chi connectivity index (χ2v) is 4.91. The lowest BCUT2D eigenvalue weighted by molar-refractivity contribution is 0.0827. The zero-order valence-corrected chi connectivity index (χ0v) is 10.6. The van der Waals surface area contributed by atoms with Gasteiger partial charge in [0.25, 0.3) is 5.91 Å². The maximum Gasteiger partial charge on any atom is 0.253 e. The van der Waals surface area contributed by atoms with Gasteiger partial charge in [0.2, 0.25) is 0 Å². The molecule has 0 bridgehead atoms. The van der Waals surface area contributed by atoms with Crippen molar-refractivity contribution in [1.29, 1.82) is 0 Å². The third-order valence-electron chi connectivity index (χ3n) is 3.24. The van der Waals surface area contributed by atoms with Crippen LogP contribution in [0.2, 0.25) is 0 Å². The van der Waals surface area contributed by atoms with Crippen molar-refractivity contribution in [2.75, 3.05) is 19.4 Å². The molecule has 0 aromatic heterocycles. The lowest BCUT2D eigenvalue weighted by Gasteiger charge is -2.15. The van der Waals surface area contributed by atoms with Gasteiger partial charge in [-0.05, 0) is 31.0 Å². The number of carbonyl (C=O) groups excluding carboxylic acids is 1. The van der Waals surface area contributed by atoms with Gasteiger partial charge in [-0.2, -0.15) is 0 Å². The van der Waals surface area contributed by atoms with Crippen LogP contribution in [0.25, 0.3) is 0 Å². The van der Waals surface area contributed by atoms with E-state index in [0.29, 0.717) is 6.04 Å². The van der Waals surface area contributed by atoms with Crippen LogP contribution in [0, 0.1) is 0 Å². The molecule has 1 aliphatic rings. The molecule has 1 N–H and O–H groups in total. The minimum absolute atomic E-state index is 0.0556. The molecule has 1 aromatic carbocycles. The highest BCUT2D eigenvalue weighted by Crippen LogP contribution is 2.22. The number of nitrogens with one attached hydrogen (secondary N) is 1. The average Bonchev–Trinajstić information content (AvgIpc) is 2.81. The van der Waals surface area contributed by atoms with E-state index in [4.69, 9.17) is 0 Å². The molecule has 0 heterocycles. The maximum atomic E-state index is 11.8. The van der Waals surface area contributed by atoms with E-state index in [1.807, 2.05) is 24.3 Å². The Morgan fingerprint density at radius 3 is 2.65 bits per heavy atom. The summed E-state index contributed by atoms with van der Waals surface area (Å²) in [5.74, 6) is 0.0556. The molecule has 1 fully saturated rings. The molecule has 0 aliphatic heterocycles. The van der Waals surface area contributed by atoms with Crippen LogP contribution in [0.5, 0.6) is 0 Å². The van der Waals surface area contributed by atoms with Crippen molar-refractivity contribution in [3.8, 4) is 0 Å². The summed E-state index contributed by atoms with van der Waals surface area (Å²) in [6.45, 7) is 0. The van der Waals surface area contributed by atoms with E-state index in [-0.39, 0.29) is 5.91 Å². The highest BCUT2D eigenvalue weighted by molar-refractivity contribution is 5.94. The summed E-state index contributed by atoms with van der Waals surface area (Å²) in [5, 5.41) is 3.50. The normalized spacial score (nSPS) is 15.9. The molecule has 1 aliphatic carbocycles. The zero-order chi connectivity index (χ0) is 12.3. The summed E-state index contributed by atoms with van der Waals surface area (Å²) < 4.78 is 0. The van der Waals surface area contributed by atoms with Crippen molar-refractivity contribution in [3.63, 3.8) is 0 Å². The molecule has 2 rings (SSSR count). The first-order chi connectivity index (χ1) is 8.16. The third-order valence-corrected chi connectivity index (χ3v) is 3.24. The minimum Gasteiger partial charge on any atom is -0.382 e. The Morgan fingerprint density at radius 2 is 2.00 bits per heavy atom. The first-order valence-electron chi connectivity index (χ1n) is 6.25. The molecule has 0 unspecified atom stereocenters. The fraction of sp³-hybridized carbons (Fsp3) is 0.500. The van der Waals surface area contributed by atoms with Crippen molar-refractivity contribution in [2.24, 2.45) is 0 Å². The Kier molecular flexibility index (Phi) is 3.67. The van der Waals surface area contributed by atoms with Gasteiger partial charge in [-0.3, -0.25) is 4.79 Å².